The first-order valence-corrected chi connectivity index (χ1v) is 4.99. The number of rotatable bonds is 6. The van der Waals surface area contributed by atoms with Crippen LogP contribution < -0.4 is 11.5 Å². The van der Waals surface area contributed by atoms with Gasteiger partial charge in [0.05, 0.1) is 17.7 Å². The Morgan fingerprint density at radius 2 is 2.30 bits per heavy atom. The summed E-state index contributed by atoms with van der Waals surface area (Å²) in [6.07, 6.45) is 1.88. The van der Waals surface area contributed by atoms with Crippen LogP contribution in [-0.4, -0.2) is 19.2 Å². The van der Waals surface area contributed by atoms with Crippen LogP contribution in [0.15, 0.2) is 0 Å². The average Bonchev–Trinajstić information content (AvgIpc) is 1.97. The summed E-state index contributed by atoms with van der Waals surface area (Å²) < 4.78 is 4.91. The van der Waals surface area contributed by atoms with E-state index in [1.165, 1.54) is 0 Å². The van der Waals surface area contributed by atoms with E-state index in [9.17, 15) is 0 Å². The van der Waals surface area contributed by atoms with Crippen molar-refractivity contribution in [3.63, 3.8) is 0 Å². The predicted octanol–water partition coefficient (Wildman–Crippen LogP) is 0.562. The zero-order valence-corrected chi connectivity index (χ0v) is 7.54. The Hall–Kier alpha value is 0.580. The minimum absolute atomic E-state index is 0.100. The number of nitrogens with two attached hydrogens (primary N) is 2. The maximum absolute atomic E-state index is 5.62. The number of hydrogen-bond acceptors (Lipinski definition) is 5. The Bertz CT molecular complexity index is 66.7. The molecule has 3 nitrogen and oxygen atoms in total. The zero-order chi connectivity index (χ0) is 7.82. The Morgan fingerprint density at radius 1 is 1.60 bits per heavy atom. The van der Waals surface area contributed by atoms with Gasteiger partial charge in [0.25, 0.3) is 0 Å². The van der Waals surface area contributed by atoms with Gasteiger partial charge in [-0.2, -0.15) is 0 Å². The van der Waals surface area contributed by atoms with Crippen LogP contribution in [0.2, 0.25) is 0 Å². The SMILES string of the molecule is NCCC[C@@H](N)COSS. The quantitative estimate of drug-likeness (QED) is 0.319. The van der Waals surface area contributed by atoms with Gasteiger partial charge in [-0.25, -0.2) is 0 Å². The van der Waals surface area contributed by atoms with Crippen molar-refractivity contribution in [1.82, 2.24) is 0 Å². The molecule has 0 saturated heterocycles. The Kier molecular flexibility index (Phi) is 8.13. The molecule has 4 N–H and O–H groups in total. The van der Waals surface area contributed by atoms with Gasteiger partial charge in [-0.3, -0.25) is 0 Å². The first kappa shape index (κ1) is 10.6. The zero-order valence-electron chi connectivity index (χ0n) is 5.82. The fourth-order valence-corrected chi connectivity index (χ4v) is 0.999. The largest absolute Gasteiger partial charge is 0.330 e. The first-order valence-electron chi connectivity index (χ1n) is 3.20. The van der Waals surface area contributed by atoms with E-state index in [1.54, 1.807) is 0 Å². The van der Waals surface area contributed by atoms with E-state index in [4.69, 9.17) is 15.7 Å². The summed E-state index contributed by atoms with van der Waals surface area (Å²) in [7, 11) is 0. The van der Waals surface area contributed by atoms with Gasteiger partial charge in [-0.1, -0.05) is 11.7 Å². The van der Waals surface area contributed by atoms with Crippen LogP contribution in [0, 0.1) is 0 Å². The van der Waals surface area contributed by atoms with E-state index in [-0.39, 0.29) is 6.04 Å². The molecule has 0 aliphatic heterocycles. The van der Waals surface area contributed by atoms with E-state index in [1.807, 2.05) is 0 Å². The van der Waals surface area contributed by atoms with Crippen LogP contribution in [0.5, 0.6) is 0 Å². The predicted molar refractivity (Wildman–Crippen MR) is 48.8 cm³/mol. The minimum atomic E-state index is 0.100. The van der Waals surface area contributed by atoms with E-state index < -0.39 is 0 Å². The normalized spacial score (nSPS) is 13.5. The fraction of sp³-hybridized carbons (Fsp3) is 1.00. The monoisotopic (exact) mass is 182 g/mol. The Labute approximate surface area is 70.9 Å². The van der Waals surface area contributed by atoms with Crippen molar-refractivity contribution in [3.8, 4) is 0 Å². The second kappa shape index (κ2) is 7.68. The summed E-state index contributed by atoms with van der Waals surface area (Å²) in [4.78, 5) is 0. The summed E-state index contributed by atoms with van der Waals surface area (Å²) in [5.74, 6) is 0. The van der Waals surface area contributed by atoms with E-state index in [0.717, 1.165) is 23.9 Å². The first-order chi connectivity index (χ1) is 4.81. The molecule has 0 fully saturated rings. The highest BCUT2D eigenvalue weighted by molar-refractivity contribution is 8.66. The van der Waals surface area contributed by atoms with Gasteiger partial charge in [-0.15, -0.1) is 0 Å². The van der Waals surface area contributed by atoms with Crippen molar-refractivity contribution in [2.24, 2.45) is 11.5 Å². The third-order valence-corrected chi connectivity index (χ3v) is 1.67. The van der Waals surface area contributed by atoms with Gasteiger partial charge in [0.15, 0.2) is 0 Å². The van der Waals surface area contributed by atoms with Crippen molar-refractivity contribution in [3.05, 3.63) is 0 Å². The summed E-state index contributed by atoms with van der Waals surface area (Å²) >= 11 is 4.85. The molecule has 1 atom stereocenters. The van der Waals surface area contributed by atoms with Gasteiger partial charge in [0, 0.05) is 6.04 Å². The van der Waals surface area contributed by atoms with E-state index in [2.05, 4.69) is 11.7 Å². The molecule has 0 aliphatic carbocycles. The summed E-state index contributed by atoms with van der Waals surface area (Å²) in [6.45, 7) is 1.25. The van der Waals surface area contributed by atoms with Crippen LogP contribution in [0.25, 0.3) is 0 Å². The molecule has 0 aromatic rings. The molecule has 0 rings (SSSR count). The van der Waals surface area contributed by atoms with Gasteiger partial charge in [0.1, 0.15) is 0 Å². The molecule has 0 heterocycles. The van der Waals surface area contributed by atoms with Gasteiger partial charge < -0.3 is 15.7 Å². The smallest absolute Gasteiger partial charge is 0.0775 e. The Morgan fingerprint density at radius 3 is 2.80 bits per heavy atom. The molecule has 0 amide bonds. The molecular formula is C5H14N2OS2. The topological polar surface area (TPSA) is 61.3 Å². The second-order valence-electron chi connectivity index (χ2n) is 2.05. The maximum atomic E-state index is 5.62. The van der Waals surface area contributed by atoms with Crippen LogP contribution in [0.1, 0.15) is 12.8 Å². The van der Waals surface area contributed by atoms with Crippen molar-refractivity contribution >= 4 is 22.7 Å². The molecule has 0 radical (unpaired) electrons. The van der Waals surface area contributed by atoms with Crippen molar-refractivity contribution in [2.45, 2.75) is 18.9 Å². The summed E-state index contributed by atoms with van der Waals surface area (Å²) in [5.41, 5.74) is 10.9. The molecule has 10 heavy (non-hydrogen) atoms. The molecule has 5 heteroatoms. The standard InChI is InChI=1S/C5H14N2OS2/c6-3-1-2-5(7)4-8-10-9/h5,9H,1-4,6-7H2/t5-/m1/s1. The maximum Gasteiger partial charge on any atom is 0.0775 e. The molecule has 0 aliphatic rings. The highest BCUT2D eigenvalue weighted by Gasteiger charge is 2.00. The van der Waals surface area contributed by atoms with Crippen molar-refractivity contribution < 1.29 is 4.18 Å². The molecule has 0 aromatic carbocycles. The highest BCUT2D eigenvalue weighted by atomic mass is 33.1. The lowest BCUT2D eigenvalue weighted by Gasteiger charge is -2.08. The van der Waals surface area contributed by atoms with E-state index in [0.29, 0.717) is 13.2 Å². The Balaban J connectivity index is 3.00. The third kappa shape index (κ3) is 6.70. The molecular weight excluding hydrogens is 168 g/mol. The van der Waals surface area contributed by atoms with Crippen LogP contribution >= 0.6 is 22.7 Å². The third-order valence-electron chi connectivity index (χ3n) is 1.11. The van der Waals surface area contributed by atoms with Crippen LogP contribution in [-0.2, 0) is 4.18 Å². The van der Waals surface area contributed by atoms with Gasteiger partial charge in [-0.05, 0) is 19.4 Å². The second-order valence-corrected chi connectivity index (χ2v) is 2.88. The molecule has 0 unspecified atom stereocenters. The lowest BCUT2D eigenvalue weighted by Crippen LogP contribution is -2.25. The fourth-order valence-electron chi connectivity index (χ4n) is 0.581. The van der Waals surface area contributed by atoms with Crippen LogP contribution in [0.4, 0.5) is 0 Å². The lowest BCUT2D eigenvalue weighted by atomic mass is 10.2. The molecule has 0 spiro atoms. The molecule has 0 saturated carbocycles. The van der Waals surface area contributed by atoms with Gasteiger partial charge >= 0.3 is 0 Å². The van der Waals surface area contributed by atoms with Crippen molar-refractivity contribution in [2.75, 3.05) is 13.2 Å². The van der Waals surface area contributed by atoms with Crippen LogP contribution in [0.3, 0.4) is 0 Å². The molecule has 0 aromatic heterocycles. The van der Waals surface area contributed by atoms with Gasteiger partial charge in [0.2, 0.25) is 0 Å². The van der Waals surface area contributed by atoms with Crippen molar-refractivity contribution in [1.29, 1.82) is 0 Å². The molecule has 62 valence electrons. The highest BCUT2D eigenvalue weighted by Crippen LogP contribution is 2.07. The number of hydrogen-bond donors (Lipinski definition) is 3. The minimum Gasteiger partial charge on any atom is -0.330 e. The van der Waals surface area contributed by atoms with E-state index >= 15 is 0 Å². The molecule has 0 bridgehead atoms. The summed E-state index contributed by atoms with van der Waals surface area (Å²) in [6, 6.07) is 0.100. The number of thiol groups is 1. The lowest BCUT2D eigenvalue weighted by molar-refractivity contribution is 0.329. The summed E-state index contributed by atoms with van der Waals surface area (Å²) in [5, 5.41) is 0. The average molecular weight is 182 g/mol.